The van der Waals surface area contributed by atoms with Crippen LogP contribution in [0.25, 0.3) is 11.1 Å². The van der Waals surface area contributed by atoms with Crippen molar-refractivity contribution in [3.63, 3.8) is 0 Å². The maximum absolute atomic E-state index is 13.4. The number of nitrogens with one attached hydrogen (secondary N) is 2. The van der Waals surface area contributed by atoms with Crippen LogP contribution >= 0.6 is 11.6 Å². The van der Waals surface area contributed by atoms with Crippen LogP contribution in [0.5, 0.6) is 5.75 Å². The Bertz CT molecular complexity index is 2380. The summed E-state index contributed by atoms with van der Waals surface area (Å²) in [7, 11) is 1.79. The number of fused-ring (bicyclic) bond motifs is 1. The van der Waals surface area contributed by atoms with Crippen LogP contribution in [0.3, 0.4) is 0 Å². The Balaban J connectivity index is 0.869. The molecule has 7 rings (SSSR count). The lowest BCUT2D eigenvalue weighted by Crippen LogP contribution is -2.54. The number of carbonyl (C=O) groups excluding carboxylic acids is 5. The number of alkyl halides is 1. The van der Waals surface area contributed by atoms with Gasteiger partial charge in [0.25, 0.3) is 11.8 Å². The largest absolute Gasteiger partial charge is 0.492 e. The third kappa shape index (κ3) is 9.67. The van der Waals surface area contributed by atoms with Crippen molar-refractivity contribution in [1.82, 2.24) is 15.1 Å². The van der Waals surface area contributed by atoms with Gasteiger partial charge in [-0.25, -0.2) is 0 Å². The molecule has 5 aromatic rings. The van der Waals surface area contributed by atoms with Crippen LogP contribution in [0.1, 0.15) is 74.2 Å². The van der Waals surface area contributed by atoms with E-state index in [9.17, 15) is 24.0 Å². The fourth-order valence-corrected chi connectivity index (χ4v) is 7.92. The number of allylic oxidation sites excluding steroid dienone is 1. The van der Waals surface area contributed by atoms with E-state index in [1.54, 1.807) is 30.1 Å². The van der Waals surface area contributed by atoms with Crippen molar-refractivity contribution in [2.75, 3.05) is 37.9 Å². The second kappa shape index (κ2) is 19.5. The van der Waals surface area contributed by atoms with Gasteiger partial charge in [-0.2, -0.15) is 0 Å². The molecule has 2 N–H and O–H groups in total. The molecular formula is C49H47ClN4O6. The molecule has 2 heterocycles. The van der Waals surface area contributed by atoms with E-state index in [0.717, 1.165) is 50.5 Å². The molecule has 1 unspecified atom stereocenters. The summed E-state index contributed by atoms with van der Waals surface area (Å²) in [4.78, 5) is 66.3. The highest BCUT2D eigenvalue weighted by Crippen LogP contribution is 2.36. The highest BCUT2D eigenvalue weighted by Gasteiger charge is 2.45. The summed E-state index contributed by atoms with van der Waals surface area (Å²) in [5.41, 5.74) is 8.76. The average molecular weight is 823 g/mol. The Morgan fingerprint density at radius 3 is 2.08 bits per heavy atom. The number of rotatable bonds is 17. The molecule has 10 nitrogen and oxygen atoms in total. The minimum atomic E-state index is -1.01. The molecule has 0 aromatic heterocycles. The number of anilines is 1. The molecule has 5 aromatic carbocycles. The Morgan fingerprint density at radius 2 is 1.42 bits per heavy atom. The lowest BCUT2D eigenvalue weighted by molar-refractivity contribution is -0.136. The van der Waals surface area contributed by atoms with Crippen LogP contribution in [0.15, 0.2) is 127 Å². The van der Waals surface area contributed by atoms with Crippen LogP contribution in [-0.2, 0) is 27.2 Å². The second-order valence-corrected chi connectivity index (χ2v) is 15.3. The number of aryl methyl sites for hydroxylation is 1. The van der Waals surface area contributed by atoms with Crippen molar-refractivity contribution in [2.24, 2.45) is 0 Å². The molecule has 0 radical (unpaired) electrons. The van der Waals surface area contributed by atoms with Gasteiger partial charge in [0.2, 0.25) is 17.7 Å². The number of likely N-dealkylation sites (N-methyl/N-ethyl adjacent to an activating group) is 1. The van der Waals surface area contributed by atoms with Gasteiger partial charge < -0.3 is 15.0 Å². The fraction of sp³-hybridized carbons (Fsp3) is 0.245. The van der Waals surface area contributed by atoms with E-state index in [-0.39, 0.29) is 29.9 Å². The summed E-state index contributed by atoms with van der Waals surface area (Å²) in [6.07, 6.45) is 2.52. The standard InChI is InChI=1S/C49H47ClN4O6/c1-53(31-32-60-38-22-20-37(21-23-38)45(36-11-6-3-7-12-36)39(27-29-50)35-9-4-2-5-10-35)44(56)26-19-33-15-17-34(18-16-33)28-30-51-41-14-8-13-40-46(41)49(59)54(48(40)58)42-24-25-43(55)52-47(42)57/h2-18,20-23,42,51H,19,24-32H2,1H3,(H,52,55,57)/b45-39-. The third-order valence-electron chi connectivity index (χ3n) is 10.9. The Kier molecular flexibility index (Phi) is 13.5. The van der Waals surface area contributed by atoms with Gasteiger partial charge >= 0.3 is 0 Å². The number of amides is 5. The fourth-order valence-electron chi connectivity index (χ4n) is 7.73. The number of carbonyl (C=O) groups is 5. The van der Waals surface area contributed by atoms with Crippen molar-refractivity contribution in [3.8, 4) is 5.75 Å². The van der Waals surface area contributed by atoms with Gasteiger partial charge in [-0.3, -0.25) is 34.2 Å². The molecule has 60 heavy (non-hydrogen) atoms. The van der Waals surface area contributed by atoms with Gasteiger partial charge in [0.1, 0.15) is 18.4 Å². The number of halogens is 1. The van der Waals surface area contributed by atoms with Crippen LogP contribution in [0, 0.1) is 0 Å². The van der Waals surface area contributed by atoms with Crippen LogP contribution in [0.4, 0.5) is 5.69 Å². The molecule has 0 bridgehead atoms. The van der Waals surface area contributed by atoms with Crippen molar-refractivity contribution >= 4 is 58.0 Å². The van der Waals surface area contributed by atoms with Crippen molar-refractivity contribution < 1.29 is 28.7 Å². The van der Waals surface area contributed by atoms with E-state index < -0.39 is 29.7 Å². The summed E-state index contributed by atoms with van der Waals surface area (Å²) in [6, 6.07) is 40.9. The van der Waals surface area contributed by atoms with E-state index in [4.69, 9.17) is 16.3 Å². The molecule has 0 spiro atoms. The number of ether oxygens (including phenoxy) is 1. The first-order valence-corrected chi connectivity index (χ1v) is 20.8. The molecule has 0 saturated carbocycles. The summed E-state index contributed by atoms with van der Waals surface area (Å²) >= 11 is 6.31. The lowest BCUT2D eigenvalue weighted by atomic mass is 9.88. The van der Waals surface area contributed by atoms with Gasteiger partial charge in [-0.1, -0.05) is 103 Å². The first kappa shape index (κ1) is 41.6. The monoisotopic (exact) mass is 822 g/mol. The molecule has 11 heteroatoms. The molecule has 5 amide bonds. The molecule has 1 saturated heterocycles. The Hall–Kier alpha value is -6.52. The molecule has 1 fully saturated rings. The van der Waals surface area contributed by atoms with Gasteiger partial charge in [-0.05, 0) is 88.9 Å². The maximum atomic E-state index is 13.4. The van der Waals surface area contributed by atoms with Crippen LogP contribution in [-0.4, -0.2) is 78.0 Å². The summed E-state index contributed by atoms with van der Waals surface area (Å²) < 4.78 is 6.07. The SMILES string of the molecule is CN(CCOc1ccc(/C(=C(/CCCl)c2ccccc2)c2ccccc2)cc1)C(=O)CCc1ccc(CCNc2cccc3c2C(=O)N(C2CCC(=O)NC2=O)C3=O)cc1. The van der Waals surface area contributed by atoms with E-state index in [1.807, 2.05) is 72.8 Å². The number of hydrogen-bond acceptors (Lipinski definition) is 7. The first-order chi connectivity index (χ1) is 29.2. The van der Waals surface area contributed by atoms with Gasteiger partial charge in [-0.15, -0.1) is 11.6 Å². The van der Waals surface area contributed by atoms with Gasteiger partial charge in [0.15, 0.2) is 0 Å². The third-order valence-corrected chi connectivity index (χ3v) is 11.1. The van der Waals surface area contributed by atoms with E-state index in [2.05, 4.69) is 47.0 Å². The molecule has 1 atom stereocenters. The van der Waals surface area contributed by atoms with E-state index >= 15 is 0 Å². The molecule has 306 valence electrons. The van der Waals surface area contributed by atoms with E-state index in [1.165, 1.54) is 5.57 Å². The minimum absolute atomic E-state index is 0.0344. The molecular weight excluding hydrogens is 776 g/mol. The number of imide groups is 2. The predicted molar refractivity (Wildman–Crippen MR) is 234 cm³/mol. The van der Waals surface area contributed by atoms with Crippen molar-refractivity contribution in [2.45, 2.75) is 44.6 Å². The maximum Gasteiger partial charge on any atom is 0.264 e. The van der Waals surface area contributed by atoms with Gasteiger partial charge in [0.05, 0.1) is 17.7 Å². The summed E-state index contributed by atoms with van der Waals surface area (Å²) in [5, 5.41) is 5.51. The average Bonchev–Trinajstić information content (AvgIpc) is 3.53. The zero-order chi connectivity index (χ0) is 42.0. The van der Waals surface area contributed by atoms with Crippen LogP contribution in [0.2, 0.25) is 0 Å². The highest BCUT2D eigenvalue weighted by molar-refractivity contribution is 6.25. The number of nitrogens with zero attached hydrogens (tertiary/aromatic N) is 2. The quantitative estimate of drug-likeness (QED) is 0.0557. The highest BCUT2D eigenvalue weighted by atomic mass is 35.5. The normalized spacial score (nSPS) is 15.3. The summed E-state index contributed by atoms with van der Waals surface area (Å²) in [5.74, 6) is -0.859. The molecule has 2 aliphatic heterocycles. The smallest absolute Gasteiger partial charge is 0.264 e. The lowest BCUT2D eigenvalue weighted by Gasteiger charge is -2.27. The zero-order valence-electron chi connectivity index (χ0n) is 33.5. The number of piperidine rings is 1. The number of benzene rings is 5. The van der Waals surface area contributed by atoms with Crippen LogP contribution < -0.4 is 15.4 Å². The van der Waals surface area contributed by atoms with Crippen molar-refractivity contribution in [1.29, 1.82) is 0 Å². The molecule has 2 aliphatic rings. The predicted octanol–water partition coefficient (Wildman–Crippen LogP) is 7.80. The van der Waals surface area contributed by atoms with Gasteiger partial charge in [0, 0.05) is 38.0 Å². The zero-order valence-corrected chi connectivity index (χ0v) is 34.3. The summed E-state index contributed by atoms with van der Waals surface area (Å²) in [6.45, 7) is 1.32. The molecule has 0 aliphatic carbocycles. The first-order valence-electron chi connectivity index (χ1n) is 20.2. The van der Waals surface area contributed by atoms with E-state index in [0.29, 0.717) is 50.5 Å². The topological polar surface area (TPSA) is 125 Å². The van der Waals surface area contributed by atoms with Crippen molar-refractivity contribution in [3.05, 3.63) is 166 Å². The second-order valence-electron chi connectivity index (χ2n) is 14.9. The number of hydrogen-bond donors (Lipinski definition) is 2. The Labute approximate surface area is 355 Å². The Morgan fingerprint density at radius 1 is 0.767 bits per heavy atom. The minimum Gasteiger partial charge on any atom is -0.492 e.